The standard InChI is InChI=1S/C7H9NO2S/c1-11-7-4-2-6(3-5-7)8(9)10/h2-5,8-9H,1H3. The first-order valence-corrected chi connectivity index (χ1v) is 4.34. The second kappa shape index (κ2) is 3.73. The third-order valence-electron chi connectivity index (χ3n) is 1.34. The van der Waals surface area contributed by atoms with Crippen molar-refractivity contribution < 1.29 is 10.4 Å². The molecular formula is C7H9NO2S. The zero-order chi connectivity index (χ0) is 8.27. The lowest BCUT2D eigenvalue weighted by Gasteiger charge is -2.10. The topological polar surface area (TPSA) is 47.7 Å². The zero-order valence-corrected chi connectivity index (χ0v) is 6.89. The van der Waals surface area contributed by atoms with Crippen molar-refractivity contribution in [1.82, 2.24) is 0 Å². The molecule has 0 radical (unpaired) electrons. The highest BCUT2D eigenvalue weighted by atomic mass is 32.2. The van der Waals surface area contributed by atoms with Gasteiger partial charge in [0.2, 0.25) is 0 Å². The van der Waals surface area contributed by atoms with Gasteiger partial charge >= 0.3 is 0 Å². The minimum atomic E-state index is -0.877. The predicted octanol–water partition coefficient (Wildman–Crippen LogP) is 0.812. The smallest absolute Gasteiger partial charge is 0.163 e. The molecular weight excluding hydrogens is 162 g/mol. The first kappa shape index (κ1) is 8.55. The normalized spacial score (nSPS) is 13.0. The molecule has 0 aliphatic heterocycles. The molecule has 0 bridgehead atoms. The summed E-state index contributed by atoms with van der Waals surface area (Å²) in [6, 6.07) is 6.81. The lowest BCUT2D eigenvalue weighted by molar-refractivity contribution is -0.991. The van der Waals surface area contributed by atoms with Gasteiger partial charge in [-0.3, -0.25) is 0 Å². The number of rotatable bonds is 2. The molecule has 0 aliphatic carbocycles. The molecule has 1 aromatic rings. The molecule has 4 heteroatoms. The third-order valence-corrected chi connectivity index (χ3v) is 2.08. The Labute approximate surface area is 69.2 Å². The van der Waals surface area contributed by atoms with Gasteiger partial charge in [0.1, 0.15) is 0 Å². The number of thioether (sulfide) groups is 1. The fourth-order valence-corrected chi connectivity index (χ4v) is 1.14. The van der Waals surface area contributed by atoms with E-state index in [-0.39, 0.29) is 0 Å². The van der Waals surface area contributed by atoms with Crippen molar-refractivity contribution >= 4 is 17.4 Å². The highest BCUT2D eigenvalue weighted by Gasteiger charge is 1.97. The summed E-state index contributed by atoms with van der Waals surface area (Å²) in [5, 5.41) is 18.1. The van der Waals surface area contributed by atoms with Crippen LogP contribution in [0.3, 0.4) is 0 Å². The average Bonchev–Trinajstić information content (AvgIpc) is 2.05. The fraction of sp³-hybridized carbons (Fsp3) is 0.143. The Morgan fingerprint density at radius 2 is 1.91 bits per heavy atom. The van der Waals surface area contributed by atoms with Gasteiger partial charge in [-0.2, -0.15) is 5.23 Å². The molecule has 0 fully saturated rings. The Morgan fingerprint density at radius 1 is 1.36 bits per heavy atom. The van der Waals surface area contributed by atoms with Crippen LogP contribution < -0.4 is 5.23 Å². The van der Waals surface area contributed by atoms with Crippen molar-refractivity contribution in [3.8, 4) is 0 Å². The van der Waals surface area contributed by atoms with Gasteiger partial charge in [-0.25, -0.2) is 5.21 Å². The van der Waals surface area contributed by atoms with Crippen LogP contribution in [0.5, 0.6) is 0 Å². The Morgan fingerprint density at radius 3 is 2.27 bits per heavy atom. The predicted molar refractivity (Wildman–Crippen MR) is 44.0 cm³/mol. The quantitative estimate of drug-likeness (QED) is 0.511. The van der Waals surface area contributed by atoms with Crippen molar-refractivity contribution in [3.05, 3.63) is 29.5 Å². The van der Waals surface area contributed by atoms with Gasteiger partial charge in [0, 0.05) is 17.0 Å². The third kappa shape index (κ3) is 2.20. The second-order valence-corrected chi connectivity index (χ2v) is 2.91. The van der Waals surface area contributed by atoms with E-state index in [1.165, 1.54) is 0 Å². The number of benzene rings is 1. The molecule has 1 rings (SSSR count). The molecule has 0 saturated heterocycles. The van der Waals surface area contributed by atoms with Crippen molar-refractivity contribution in [2.75, 3.05) is 6.26 Å². The zero-order valence-electron chi connectivity index (χ0n) is 6.07. The molecule has 0 saturated carbocycles. The maximum absolute atomic E-state index is 10.4. The Bertz CT molecular complexity index is 222. The molecule has 0 heterocycles. The van der Waals surface area contributed by atoms with Gasteiger partial charge in [-0.05, 0) is 18.4 Å². The SMILES string of the molecule is CSc1ccc([NH+]([O-])O)cc1. The summed E-state index contributed by atoms with van der Waals surface area (Å²) in [4.78, 5) is 1.08. The van der Waals surface area contributed by atoms with Crippen molar-refractivity contribution in [1.29, 1.82) is 0 Å². The molecule has 0 spiro atoms. The molecule has 0 amide bonds. The van der Waals surface area contributed by atoms with Gasteiger partial charge in [-0.1, -0.05) is 0 Å². The van der Waals surface area contributed by atoms with Gasteiger partial charge in [0.05, 0.1) is 0 Å². The minimum absolute atomic E-state index is 0.336. The second-order valence-electron chi connectivity index (χ2n) is 2.03. The summed E-state index contributed by atoms with van der Waals surface area (Å²) in [5.74, 6) is 0. The summed E-state index contributed by atoms with van der Waals surface area (Å²) in [6.45, 7) is 0. The Kier molecular flexibility index (Phi) is 2.90. The van der Waals surface area contributed by atoms with Gasteiger partial charge in [-0.15, -0.1) is 11.8 Å². The van der Waals surface area contributed by atoms with Crippen molar-refractivity contribution in [3.63, 3.8) is 0 Å². The van der Waals surface area contributed by atoms with Crippen molar-refractivity contribution in [2.45, 2.75) is 4.90 Å². The van der Waals surface area contributed by atoms with E-state index in [0.717, 1.165) is 4.90 Å². The molecule has 1 unspecified atom stereocenters. The van der Waals surface area contributed by atoms with E-state index >= 15 is 0 Å². The number of hydrogen-bond acceptors (Lipinski definition) is 3. The fourth-order valence-electron chi connectivity index (χ4n) is 0.734. The summed E-state index contributed by atoms with van der Waals surface area (Å²) < 4.78 is 0. The molecule has 2 N–H and O–H groups in total. The van der Waals surface area contributed by atoms with Crippen LogP contribution in [0.25, 0.3) is 0 Å². The van der Waals surface area contributed by atoms with E-state index in [2.05, 4.69) is 0 Å². The van der Waals surface area contributed by atoms with Crippen LogP contribution in [-0.4, -0.2) is 11.5 Å². The van der Waals surface area contributed by atoms with Crippen molar-refractivity contribution in [2.24, 2.45) is 0 Å². The molecule has 0 aliphatic rings. The molecule has 60 valence electrons. The number of nitrogens with one attached hydrogen (secondary N) is 1. The van der Waals surface area contributed by atoms with Crippen LogP contribution in [0.1, 0.15) is 0 Å². The van der Waals surface area contributed by atoms with E-state index in [1.807, 2.05) is 6.26 Å². The maximum Gasteiger partial charge on any atom is 0.163 e. The first-order valence-electron chi connectivity index (χ1n) is 3.11. The lowest BCUT2D eigenvalue weighted by atomic mass is 10.3. The van der Waals surface area contributed by atoms with Crippen LogP contribution in [0.4, 0.5) is 5.69 Å². The van der Waals surface area contributed by atoms with E-state index in [1.54, 1.807) is 36.0 Å². The summed E-state index contributed by atoms with van der Waals surface area (Å²) in [7, 11) is 0. The average molecular weight is 171 g/mol. The van der Waals surface area contributed by atoms with Crippen LogP contribution in [0.2, 0.25) is 0 Å². The van der Waals surface area contributed by atoms with E-state index in [4.69, 9.17) is 5.21 Å². The number of hydrogen-bond donors (Lipinski definition) is 2. The van der Waals surface area contributed by atoms with E-state index < -0.39 is 5.23 Å². The molecule has 0 aromatic heterocycles. The summed E-state index contributed by atoms with van der Waals surface area (Å²) in [5.41, 5.74) is 0.336. The van der Waals surface area contributed by atoms with Gasteiger partial charge in [0.25, 0.3) is 0 Å². The largest absolute Gasteiger partial charge is 0.595 e. The van der Waals surface area contributed by atoms with Gasteiger partial charge in [0.15, 0.2) is 5.69 Å². The molecule has 3 nitrogen and oxygen atoms in total. The van der Waals surface area contributed by atoms with Crippen LogP contribution >= 0.6 is 11.8 Å². The molecule has 11 heavy (non-hydrogen) atoms. The van der Waals surface area contributed by atoms with Crippen LogP contribution in [0.15, 0.2) is 29.2 Å². The highest BCUT2D eigenvalue weighted by molar-refractivity contribution is 7.98. The van der Waals surface area contributed by atoms with Crippen LogP contribution in [0, 0.1) is 5.21 Å². The molecule has 1 atom stereocenters. The van der Waals surface area contributed by atoms with Crippen LogP contribution in [-0.2, 0) is 0 Å². The summed E-state index contributed by atoms with van der Waals surface area (Å²) >= 11 is 1.60. The number of quaternary nitrogens is 1. The minimum Gasteiger partial charge on any atom is -0.595 e. The first-order chi connectivity index (χ1) is 5.24. The highest BCUT2D eigenvalue weighted by Crippen LogP contribution is 2.14. The van der Waals surface area contributed by atoms with Gasteiger partial charge < -0.3 is 5.21 Å². The van der Waals surface area contributed by atoms with E-state index in [9.17, 15) is 5.21 Å². The maximum atomic E-state index is 10.4. The molecule has 1 aromatic carbocycles. The Hall–Kier alpha value is -0.550. The monoisotopic (exact) mass is 171 g/mol. The lowest BCUT2D eigenvalue weighted by Crippen LogP contribution is -2.99. The Balaban J connectivity index is 2.83. The summed E-state index contributed by atoms with van der Waals surface area (Å²) in [6.07, 6.45) is 1.95. The van der Waals surface area contributed by atoms with E-state index in [0.29, 0.717) is 5.69 Å².